The molecule has 1 fully saturated rings. The Morgan fingerprint density at radius 3 is 1.52 bits per heavy atom. The molecule has 0 saturated carbocycles. The molecule has 0 spiro atoms. The van der Waals surface area contributed by atoms with Crippen LogP contribution >= 0.6 is 23.2 Å². The Kier molecular flexibility index (Phi) is 4.71. The van der Waals surface area contributed by atoms with Crippen LogP contribution in [0.15, 0.2) is 12.1 Å². The summed E-state index contributed by atoms with van der Waals surface area (Å²) in [5.74, 6) is 0. The van der Waals surface area contributed by atoms with Gasteiger partial charge in [-0.3, -0.25) is 0 Å². The van der Waals surface area contributed by atoms with Gasteiger partial charge < -0.3 is 4.90 Å². The van der Waals surface area contributed by atoms with E-state index in [-0.39, 0.29) is 5.69 Å². The molecule has 23 heavy (non-hydrogen) atoms. The van der Waals surface area contributed by atoms with Gasteiger partial charge >= 0.3 is 18.0 Å². The van der Waals surface area contributed by atoms with Gasteiger partial charge in [0, 0.05) is 18.7 Å². The topological polar surface area (TPSA) is 3.24 Å². The molecule has 2 rings (SSSR count). The van der Waals surface area contributed by atoms with Gasteiger partial charge in [0.25, 0.3) is 0 Å². The Balaban J connectivity index is 2.59. The van der Waals surface area contributed by atoms with Crippen molar-refractivity contribution < 1.29 is 30.7 Å². The second kappa shape index (κ2) is 5.88. The average Bonchev–Trinajstić information content (AvgIpc) is 2.87. The molecule has 1 heterocycles. The minimum atomic E-state index is -6.20. The first-order valence-corrected chi connectivity index (χ1v) is 7.22. The van der Waals surface area contributed by atoms with Crippen molar-refractivity contribution in [3.8, 4) is 0 Å². The first-order chi connectivity index (χ1) is 10.4. The van der Waals surface area contributed by atoms with E-state index >= 15 is 0 Å². The molecule has 1 aliphatic heterocycles. The summed E-state index contributed by atoms with van der Waals surface area (Å²) < 4.78 is 90.6. The number of alkyl halides is 7. The van der Waals surface area contributed by atoms with Crippen molar-refractivity contribution in [2.24, 2.45) is 0 Å². The lowest BCUT2D eigenvalue weighted by molar-refractivity contribution is -0.348. The summed E-state index contributed by atoms with van der Waals surface area (Å²) in [5, 5.41) is -0.908. The standard InChI is InChI=1S/C13H10Cl2F7N/c14-8-5-7(11(16,12(17,18)19)13(20,21)22)6-9(15)10(8)23-3-1-2-4-23/h5-6H,1-4H2. The predicted octanol–water partition coefficient (Wildman–Crippen LogP) is 5.88. The van der Waals surface area contributed by atoms with Crippen LogP contribution in [-0.4, -0.2) is 25.4 Å². The summed E-state index contributed by atoms with van der Waals surface area (Å²) in [5.41, 5.74) is -7.12. The first-order valence-electron chi connectivity index (χ1n) is 6.46. The zero-order chi connectivity index (χ0) is 17.6. The molecule has 0 atom stereocenters. The molecule has 0 bridgehead atoms. The molecule has 1 aromatic rings. The molecule has 0 aromatic heterocycles. The van der Waals surface area contributed by atoms with Gasteiger partial charge in [0.05, 0.1) is 15.7 Å². The normalized spacial score (nSPS) is 17.0. The highest BCUT2D eigenvalue weighted by Crippen LogP contribution is 2.54. The Morgan fingerprint density at radius 2 is 1.17 bits per heavy atom. The lowest BCUT2D eigenvalue weighted by Gasteiger charge is -2.31. The predicted molar refractivity (Wildman–Crippen MR) is 72.8 cm³/mol. The Hall–Kier alpha value is -0.890. The second-order valence-corrected chi connectivity index (χ2v) is 5.95. The highest BCUT2D eigenvalue weighted by atomic mass is 35.5. The van der Waals surface area contributed by atoms with Crippen LogP contribution in [0.5, 0.6) is 0 Å². The van der Waals surface area contributed by atoms with Gasteiger partial charge in [0.1, 0.15) is 0 Å². The fraction of sp³-hybridized carbons (Fsp3) is 0.538. The zero-order valence-electron chi connectivity index (χ0n) is 11.3. The number of halogens is 9. The zero-order valence-corrected chi connectivity index (χ0v) is 12.8. The van der Waals surface area contributed by atoms with E-state index in [1.165, 1.54) is 0 Å². The van der Waals surface area contributed by atoms with Crippen molar-refractivity contribution in [1.29, 1.82) is 0 Å². The quantitative estimate of drug-likeness (QED) is 0.576. The molecular weight excluding hydrogens is 374 g/mol. The molecule has 0 radical (unpaired) electrons. The number of hydrogen-bond donors (Lipinski definition) is 0. The third kappa shape index (κ3) is 3.07. The molecule has 10 heteroatoms. The molecule has 1 aromatic carbocycles. The van der Waals surface area contributed by atoms with Gasteiger partial charge in [0.15, 0.2) is 0 Å². The summed E-state index contributed by atoms with van der Waals surface area (Å²) in [4.78, 5) is 1.63. The molecule has 0 unspecified atom stereocenters. The molecule has 1 nitrogen and oxygen atoms in total. The van der Waals surface area contributed by atoms with E-state index in [4.69, 9.17) is 23.2 Å². The van der Waals surface area contributed by atoms with E-state index in [0.29, 0.717) is 25.2 Å². The molecule has 1 saturated heterocycles. The number of anilines is 1. The number of rotatable bonds is 2. The maximum atomic E-state index is 14.0. The monoisotopic (exact) mass is 383 g/mol. The first kappa shape index (κ1) is 18.4. The van der Waals surface area contributed by atoms with E-state index in [1.54, 1.807) is 4.90 Å². The van der Waals surface area contributed by atoms with E-state index in [0.717, 1.165) is 12.8 Å². The van der Waals surface area contributed by atoms with Crippen LogP contribution in [-0.2, 0) is 5.67 Å². The average molecular weight is 384 g/mol. The van der Waals surface area contributed by atoms with Crippen LogP contribution in [0.2, 0.25) is 10.0 Å². The van der Waals surface area contributed by atoms with Gasteiger partial charge in [-0.25, -0.2) is 4.39 Å². The van der Waals surface area contributed by atoms with Crippen LogP contribution in [0.3, 0.4) is 0 Å². The van der Waals surface area contributed by atoms with Crippen LogP contribution in [0, 0.1) is 0 Å². The van der Waals surface area contributed by atoms with Crippen LogP contribution in [0.4, 0.5) is 36.4 Å². The Morgan fingerprint density at radius 1 is 0.783 bits per heavy atom. The third-order valence-electron chi connectivity index (χ3n) is 3.62. The second-order valence-electron chi connectivity index (χ2n) is 5.14. The smallest absolute Gasteiger partial charge is 0.369 e. The molecule has 1 aliphatic rings. The summed E-state index contributed by atoms with van der Waals surface area (Å²) >= 11 is 11.6. The number of benzene rings is 1. The van der Waals surface area contributed by atoms with Gasteiger partial charge in [-0.1, -0.05) is 23.2 Å². The van der Waals surface area contributed by atoms with Crippen molar-refractivity contribution in [2.45, 2.75) is 30.9 Å². The van der Waals surface area contributed by atoms with E-state index < -0.39 is 33.6 Å². The van der Waals surface area contributed by atoms with Gasteiger partial charge in [0.2, 0.25) is 0 Å². The fourth-order valence-corrected chi connectivity index (χ4v) is 3.22. The molecule has 130 valence electrons. The van der Waals surface area contributed by atoms with Crippen molar-refractivity contribution in [3.05, 3.63) is 27.7 Å². The number of hydrogen-bond acceptors (Lipinski definition) is 1. The third-order valence-corrected chi connectivity index (χ3v) is 4.19. The Labute approximate surface area is 137 Å². The van der Waals surface area contributed by atoms with Gasteiger partial charge in [-0.05, 0) is 25.0 Å². The largest absolute Gasteiger partial charge is 0.435 e. The summed E-state index contributed by atoms with van der Waals surface area (Å²) in [7, 11) is 0. The minimum absolute atomic E-state index is 0.112. The summed E-state index contributed by atoms with van der Waals surface area (Å²) in [6.07, 6.45) is -10.8. The highest BCUT2D eigenvalue weighted by molar-refractivity contribution is 6.39. The van der Waals surface area contributed by atoms with Crippen molar-refractivity contribution in [2.75, 3.05) is 18.0 Å². The summed E-state index contributed by atoms with van der Waals surface area (Å²) in [6.45, 7) is 1.02. The molecule has 0 aliphatic carbocycles. The SMILES string of the molecule is FC(F)(F)C(F)(c1cc(Cl)c(N2CCCC2)c(Cl)c1)C(F)(F)F. The maximum absolute atomic E-state index is 14.0. The fourth-order valence-electron chi connectivity index (χ4n) is 2.50. The van der Waals surface area contributed by atoms with Crippen molar-refractivity contribution >= 4 is 28.9 Å². The van der Waals surface area contributed by atoms with E-state index in [2.05, 4.69) is 0 Å². The van der Waals surface area contributed by atoms with Gasteiger partial charge in [-0.2, -0.15) is 26.3 Å². The highest BCUT2D eigenvalue weighted by Gasteiger charge is 2.73. The van der Waals surface area contributed by atoms with E-state index in [9.17, 15) is 30.7 Å². The number of nitrogens with zero attached hydrogens (tertiary/aromatic N) is 1. The maximum Gasteiger partial charge on any atom is 0.435 e. The van der Waals surface area contributed by atoms with Crippen LogP contribution < -0.4 is 4.90 Å². The lowest BCUT2D eigenvalue weighted by Crippen LogP contribution is -2.50. The summed E-state index contributed by atoms with van der Waals surface area (Å²) in [6, 6.07) is 0.671. The van der Waals surface area contributed by atoms with Crippen molar-refractivity contribution in [1.82, 2.24) is 0 Å². The Bertz CT molecular complexity index is 554. The minimum Gasteiger partial charge on any atom is -0.369 e. The van der Waals surface area contributed by atoms with Crippen molar-refractivity contribution in [3.63, 3.8) is 0 Å². The lowest BCUT2D eigenvalue weighted by atomic mass is 9.94. The van der Waals surface area contributed by atoms with Gasteiger partial charge in [-0.15, -0.1) is 0 Å². The van der Waals surface area contributed by atoms with Crippen LogP contribution in [0.25, 0.3) is 0 Å². The molecule has 0 N–H and O–H groups in total. The molecular formula is C13H10Cl2F7N. The van der Waals surface area contributed by atoms with Crippen LogP contribution in [0.1, 0.15) is 18.4 Å². The van der Waals surface area contributed by atoms with E-state index in [1.807, 2.05) is 0 Å². The molecule has 0 amide bonds.